The van der Waals surface area contributed by atoms with Crippen LogP contribution < -0.4 is 10.6 Å². The number of fused-ring (bicyclic) bond motifs is 4. The molecule has 4 aliphatic rings. The summed E-state index contributed by atoms with van der Waals surface area (Å²) in [5, 5.41) is 28.8. The van der Waals surface area contributed by atoms with Gasteiger partial charge < -0.3 is 30.5 Å². The molecule has 3 heterocycles. The number of carbonyl (C=O) groups is 4. The van der Waals surface area contributed by atoms with Gasteiger partial charge in [0, 0.05) is 11.6 Å². The Morgan fingerprint density at radius 1 is 1.08 bits per heavy atom. The first-order chi connectivity index (χ1) is 18.1. The first-order valence-corrected chi connectivity index (χ1v) is 13.1. The summed E-state index contributed by atoms with van der Waals surface area (Å²) in [6, 6.07) is 9.58. The van der Waals surface area contributed by atoms with E-state index in [4.69, 9.17) is 4.74 Å². The minimum Gasteiger partial charge on any atom is -0.434 e. The lowest BCUT2D eigenvalue weighted by atomic mass is 9.70. The minimum absolute atomic E-state index is 0.203. The summed E-state index contributed by atoms with van der Waals surface area (Å²) < 4.78 is 4.72. The number of nitrogens with one attached hydrogen (secondary N) is 2. The molecule has 3 amide bonds. The van der Waals surface area contributed by atoms with Crippen LogP contribution in [0, 0.1) is 5.92 Å². The molecule has 10 nitrogen and oxygen atoms in total. The van der Waals surface area contributed by atoms with Crippen molar-refractivity contribution in [2.45, 2.75) is 82.0 Å². The molecule has 2 aromatic rings. The molecule has 4 fully saturated rings. The van der Waals surface area contributed by atoms with Crippen molar-refractivity contribution in [3.8, 4) is 0 Å². The normalized spacial score (nSPS) is 29.3. The maximum Gasteiger partial charge on any atom is 0.310 e. The van der Waals surface area contributed by atoms with Gasteiger partial charge in [-0.1, -0.05) is 44.2 Å². The average molecular weight is 524 g/mol. The Bertz CT molecular complexity index is 1270. The van der Waals surface area contributed by atoms with E-state index in [0.717, 1.165) is 10.8 Å². The molecule has 4 N–H and O–H groups in total. The molecule has 0 spiro atoms. The maximum atomic E-state index is 14.0. The number of hydrogen-bond donors (Lipinski definition) is 4. The summed E-state index contributed by atoms with van der Waals surface area (Å²) in [5.41, 5.74) is -1.04. The summed E-state index contributed by atoms with van der Waals surface area (Å²) in [6.07, 6.45) is 0.0595. The maximum absolute atomic E-state index is 14.0. The van der Waals surface area contributed by atoms with E-state index in [1.165, 1.54) is 4.90 Å². The van der Waals surface area contributed by atoms with Crippen LogP contribution in [0.1, 0.15) is 56.3 Å². The zero-order valence-electron chi connectivity index (χ0n) is 21.4. The fraction of sp³-hybridized carbons (Fsp3) is 0.500. The van der Waals surface area contributed by atoms with Gasteiger partial charge in [0.15, 0.2) is 0 Å². The van der Waals surface area contributed by atoms with Gasteiger partial charge in [0.2, 0.25) is 18.1 Å². The second-order valence-electron chi connectivity index (χ2n) is 10.9. The van der Waals surface area contributed by atoms with Crippen LogP contribution in [0.15, 0.2) is 42.5 Å². The van der Waals surface area contributed by atoms with Gasteiger partial charge >= 0.3 is 5.97 Å². The van der Waals surface area contributed by atoms with Gasteiger partial charge in [-0.15, -0.1) is 0 Å². The molecule has 2 aromatic carbocycles. The van der Waals surface area contributed by atoms with E-state index in [0.29, 0.717) is 31.2 Å². The highest BCUT2D eigenvalue weighted by Gasteiger charge is 2.57. The van der Waals surface area contributed by atoms with Crippen molar-refractivity contribution in [1.82, 2.24) is 15.5 Å². The van der Waals surface area contributed by atoms with E-state index in [-0.39, 0.29) is 18.4 Å². The first-order valence-electron chi connectivity index (χ1n) is 13.1. The number of hydrogen-bond acceptors (Lipinski definition) is 7. The summed E-state index contributed by atoms with van der Waals surface area (Å²) in [6.45, 7) is 3.63. The van der Waals surface area contributed by atoms with Crippen LogP contribution in [-0.2, 0) is 19.1 Å². The van der Waals surface area contributed by atoms with Crippen LogP contribution >= 0.6 is 0 Å². The standard InChI is InChI=1S/C28H33N3O7/c1-15(2)22(30-24(33)18-8-7-16-5-3-4-6-17(16)13-18)26(35)31-19-9-11-28(37,12-10-19)23(31)25(34)29-20-14-21(32)38-27(20)36/h3-8,13,15,19-20,22-23,27,36-37H,9-12,14H2,1-2H3,(H,29,34)(H,30,33). The van der Waals surface area contributed by atoms with Crippen molar-refractivity contribution in [1.29, 1.82) is 0 Å². The summed E-state index contributed by atoms with van der Waals surface area (Å²) in [4.78, 5) is 53.7. The fourth-order valence-electron chi connectivity index (χ4n) is 5.96. The molecule has 0 radical (unpaired) electrons. The number of piperidine rings is 2. The quantitative estimate of drug-likeness (QED) is 0.417. The van der Waals surface area contributed by atoms with E-state index in [1.54, 1.807) is 12.1 Å². The smallest absolute Gasteiger partial charge is 0.310 e. The van der Waals surface area contributed by atoms with Crippen molar-refractivity contribution < 1.29 is 34.1 Å². The molecule has 4 atom stereocenters. The third-order valence-corrected chi connectivity index (χ3v) is 8.05. The predicted molar refractivity (Wildman–Crippen MR) is 137 cm³/mol. The number of amides is 3. The van der Waals surface area contributed by atoms with Gasteiger partial charge in [0.1, 0.15) is 18.1 Å². The molecule has 202 valence electrons. The lowest BCUT2D eigenvalue weighted by Gasteiger charge is -2.55. The average Bonchev–Trinajstić information content (AvgIpc) is 3.21. The number of rotatable bonds is 6. The SMILES string of the molecule is CC(C)C(NC(=O)c1ccc2ccccc2c1)C(=O)N1C2CCC(O)(CC2)C1C(=O)NC1CC(=O)OC1O. The zero-order valence-corrected chi connectivity index (χ0v) is 21.4. The Morgan fingerprint density at radius 3 is 2.39 bits per heavy atom. The Hall–Kier alpha value is -3.50. The fourth-order valence-corrected chi connectivity index (χ4v) is 5.96. The molecule has 0 aromatic heterocycles. The van der Waals surface area contributed by atoms with Crippen LogP contribution in [0.2, 0.25) is 0 Å². The Labute approximate surface area is 220 Å². The van der Waals surface area contributed by atoms with Crippen molar-refractivity contribution in [3.63, 3.8) is 0 Å². The van der Waals surface area contributed by atoms with Crippen LogP contribution in [0.25, 0.3) is 10.8 Å². The second kappa shape index (κ2) is 9.99. The summed E-state index contributed by atoms with van der Waals surface area (Å²) >= 11 is 0. The highest BCUT2D eigenvalue weighted by atomic mass is 16.6. The van der Waals surface area contributed by atoms with Gasteiger partial charge in [-0.3, -0.25) is 19.2 Å². The monoisotopic (exact) mass is 523 g/mol. The molecule has 1 aliphatic carbocycles. The molecule has 3 aliphatic heterocycles. The molecule has 2 bridgehead atoms. The largest absolute Gasteiger partial charge is 0.434 e. The first kappa shape index (κ1) is 26.1. The lowest BCUT2D eigenvalue weighted by Crippen LogP contribution is -2.73. The van der Waals surface area contributed by atoms with Gasteiger partial charge in [-0.05, 0) is 54.5 Å². The van der Waals surface area contributed by atoms with Gasteiger partial charge in [-0.2, -0.15) is 0 Å². The number of carbonyl (C=O) groups excluding carboxylic acids is 4. The van der Waals surface area contributed by atoms with Crippen molar-refractivity contribution in [2.75, 3.05) is 0 Å². The number of benzene rings is 2. The molecule has 4 unspecified atom stereocenters. The van der Waals surface area contributed by atoms with E-state index in [2.05, 4.69) is 10.6 Å². The highest BCUT2D eigenvalue weighted by molar-refractivity contribution is 6.01. The number of nitrogens with zero attached hydrogens (tertiary/aromatic N) is 1. The topological polar surface area (TPSA) is 145 Å². The number of aliphatic hydroxyl groups is 2. The molecule has 10 heteroatoms. The van der Waals surface area contributed by atoms with Gasteiger partial charge in [0.25, 0.3) is 5.91 Å². The lowest BCUT2D eigenvalue weighted by molar-refractivity contribution is -0.181. The van der Waals surface area contributed by atoms with Gasteiger partial charge in [-0.25, -0.2) is 0 Å². The number of cyclic esters (lactones) is 1. The van der Waals surface area contributed by atoms with Crippen molar-refractivity contribution >= 4 is 34.5 Å². The number of ether oxygens (including phenoxy) is 1. The number of esters is 1. The van der Waals surface area contributed by atoms with Crippen LogP contribution in [0.4, 0.5) is 0 Å². The van der Waals surface area contributed by atoms with Crippen LogP contribution in [0.3, 0.4) is 0 Å². The van der Waals surface area contributed by atoms with Crippen molar-refractivity contribution in [2.24, 2.45) is 5.92 Å². The predicted octanol–water partition coefficient (Wildman–Crippen LogP) is 1.23. The van der Waals surface area contributed by atoms with Crippen molar-refractivity contribution in [3.05, 3.63) is 48.0 Å². The Balaban J connectivity index is 1.39. The molecule has 38 heavy (non-hydrogen) atoms. The third-order valence-electron chi connectivity index (χ3n) is 8.05. The second-order valence-corrected chi connectivity index (χ2v) is 10.9. The van der Waals surface area contributed by atoms with E-state index < -0.39 is 53.7 Å². The third kappa shape index (κ3) is 4.74. The Morgan fingerprint density at radius 2 is 1.76 bits per heavy atom. The zero-order chi connectivity index (χ0) is 27.2. The summed E-state index contributed by atoms with van der Waals surface area (Å²) in [5.74, 6) is -2.45. The molecule has 3 saturated heterocycles. The molecule has 6 rings (SSSR count). The van der Waals surface area contributed by atoms with E-state index >= 15 is 0 Å². The highest BCUT2D eigenvalue weighted by Crippen LogP contribution is 2.43. The van der Waals surface area contributed by atoms with E-state index in [1.807, 2.05) is 44.2 Å². The summed E-state index contributed by atoms with van der Waals surface area (Å²) in [7, 11) is 0. The van der Waals surface area contributed by atoms with E-state index in [9.17, 15) is 29.4 Å². The number of aliphatic hydroxyl groups excluding tert-OH is 1. The Kier molecular flexibility index (Phi) is 6.87. The minimum atomic E-state index is -1.49. The van der Waals surface area contributed by atoms with Crippen LogP contribution in [-0.4, -0.2) is 74.9 Å². The molecular weight excluding hydrogens is 490 g/mol. The van der Waals surface area contributed by atoms with Gasteiger partial charge in [0.05, 0.1) is 12.0 Å². The molecule has 1 saturated carbocycles. The van der Waals surface area contributed by atoms with Crippen LogP contribution in [0.5, 0.6) is 0 Å². The molecular formula is C28H33N3O7.